The maximum Gasteiger partial charge on any atom is 0.419 e. The molecule has 1 aromatic heterocycles. The van der Waals surface area contributed by atoms with E-state index >= 15 is 0 Å². The van der Waals surface area contributed by atoms with Crippen LogP contribution in [0.15, 0.2) is 51.7 Å². The van der Waals surface area contributed by atoms with Crippen LogP contribution in [-0.4, -0.2) is 40.9 Å². The van der Waals surface area contributed by atoms with Crippen molar-refractivity contribution in [2.45, 2.75) is 19.3 Å². The topological polar surface area (TPSA) is 84.6 Å². The minimum atomic E-state index is -0.348. The van der Waals surface area contributed by atoms with Crippen LogP contribution in [0.4, 0.5) is 0 Å². The summed E-state index contributed by atoms with van der Waals surface area (Å²) in [6.07, 6.45) is 2.86. The van der Waals surface area contributed by atoms with Crippen LogP contribution in [0.3, 0.4) is 0 Å². The lowest BCUT2D eigenvalue weighted by molar-refractivity contribution is 0.0655. The normalized spacial score (nSPS) is 13.5. The minimum Gasteiger partial charge on any atom is -0.408 e. The average Bonchev–Trinajstić information content (AvgIpc) is 3.15. The number of fused-ring (bicyclic) bond motifs is 2. The lowest BCUT2D eigenvalue weighted by atomic mass is 10.1. The molecule has 0 spiro atoms. The molecule has 0 saturated carbocycles. The van der Waals surface area contributed by atoms with E-state index in [0.29, 0.717) is 29.8 Å². The second kappa shape index (κ2) is 8.05. The predicted octanol–water partition coefficient (Wildman–Crippen LogP) is 2.34. The molecule has 0 saturated heterocycles. The average molecular weight is 393 g/mol. The maximum absolute atomic E-state index is 12.3. The number of carbonyl (C=O) groups excluding carboxylic acids is 2. The van der Waals surface area contributed by atoms with E-state index in [-0.39, 0.29) is 17.6 Å². The molecule has 150 valence electrons. The zero-order chi connectivity index (χ0) is 20.4. The fourth-order valence-corrected chi connectivity index (χ4v) is 3.67. The number of rotatable bonds is 8. The van der Waals surface area contributed by atoms with E-state index in [1.165, 1.54) is 9.47 Å². The third-order valence-electron chi connectivity index (χ3n) is 5.32. The van der Waals surface area contributed by atoms with Gasteiger partial charge in [0.15, 0.2) is 5.58 Å². The monoisotopic (exact) mass is 393 g/mol. The van der Waals surface area contributed by atoms with Crippen molar-refractivity contribution in [3.05, 3.63) is 69.7 Å². The Morgan fingerprint density at radius 2 is 1.66 bits per heavy atom. The smallest absolute Gasteiger partial charge is 0.408 e. The number of unbranched alkanes of at least 4 members (excludes halogenated alkanes) is 1. The largest absolute Gasteiger partial charge is 0.419 e. The first-order valence-corrected chi connectivity index (χ1v) is 9.80. The molecule has 0 unspecified atom stereocenters. The highest BCUT2D eigenvalue weighted by Gasteiger charge is 2.34. The second-order valence-electron chi connectivity index (χ2n) is 7.24. The van der Waals surface area contributed by atoms with Gasteiger partial charge in [0.25, 0.3) is 11.8 Å². The summed E-state index contributed by atoms with van der Waals surface area (Å²) < 4.78 is 6.72. The number of aryl methyl sites for hydroxylation is 2. The van der Waals surface area contributed by atoms with Crippen LogP contribution in [0.5, 0.6) is 0 Å². The highest BCUT2D eigenvalue weighted by atomic mass is 16.4. The SMILES string of the molecule is Cn1c(=O)oc2cc(CCCCNCCN3C(=O)c4ccccc4C3=O)ccc21. The molecule has 0 atom stereocenters. The van der Waals surface area contributed by atoms with Gasteiger partial charge in [0, 0.05) is 20.1 Å². The summed E-state index contributed by atoms with van der Waals surface area (Å²) in [6.45, 7) is 1.76. The van der Waals surface area contributed by atoms with Gasteiger partial charge in [-0.05, 0) is 55.6 Å². The molecule has 0 aliphatic carbocycles. The number of nitrogens with zero attached hydrogens (tertiary/aromatic N) is 2. The molecule has 1 aliphatic heterocycles. The molecule has 2 amide bonds. The molecule has 7 heteroatoms. The number of benzene rings is 2. The summed E-state index contributed by atoms with van der Waals surface area (Å²) in [5.41, 5.74) is 3.54. The van der Waals surface area contributed by atoms with Crippen LogP contribution in [-0.2, 0) is 13.5 Å². The summed E-state index contributed by atoms with van der Waals surface area (Å²) in [7, 11) is 1.70. The molecule has 4 rings (SSSR count). The Kier molecular flexibility index (Phi) is 5.31. The van der Waals surface area contributed by atoms with Crippen molar-refractivity contribution < 1.29 is 14.0 Å². The van der Waals surface area contributed by atoms with Crippen molar-refractivity contribution in [3.63, 3.8) is 0 Å². The standard InChI is InChI=1S/C22H23N3O4/c1-24-18-10-9-15(14-19(18)29-22(24)28)6-4-5-11-23-12-13-25-20(26)16-7-2-3-8-17(16)21(25)27/h2-3,7-10,14,23H,4-6,11-13H2,1H3. The minimum absolute atomic E-state index is 0.213. The summed E-state index contributed by atoms with van der Waals surface area (Å²) in [5.74, 6) is -0.773. The van der Waals surface area contributed by atoms with Gasteiger partial charge in [-0.15, -0.1) is 0 Å². The first-order chi connectivity index (χ1) is 14.1. The van der Waals surface area contributed by atoms with Crippen LogP contribution in [0.1, 0.15) is 39.1 Å². The van der Waals surface area contributed by atoms with Crippen molar-refractivity contribution >= 4 is 22.9 Å². The van der Waals surface area contributed by atoms with E-state index in [4.69, 9.17) is 4.42 Å². The molecular weight excluding hydrogens is 370 g/mol. The molecule has 2 aromatic carbocycles. The number of amides is 2. The molecule has 2 heterocycles. The highest BCUT2D eigenvalue weighted by molar-refractivity contribution is 6.21. The number of imide groups is 1. The first-order valence-electron chi connectivity index (χ1n) is 9.80. The number of hydrogen-bond donors (Lipinski definition) is 1. The lowest BCUT2D eigenvalue weighted by Gasteiger charge is -2.14. The Balaban J connectivity index is 1.18. The summed E-state index contributed by atoms with van der Waals surface area (Å²) >= 11 is 0. The van der Waals surface area contributed by atoms with Gasteiger partial charge in [-0.2, -0.15) is 0 Å². The number of carbonyl (C=O) groups is 2. The van der Waals surface area contributed by atoms with Gasteiger partial charge >= 0.3 is 5.76 Å². The van der Waals surface area contributed by atoms with Gasteiger partial charge < -0.3 is 9.73 Å². The van der Waals surface area contributed by atoms with Gasteiger partial charge in [0.2, 0.25) is 0 Å². The van der Waals surface area contributed by atoms with Crippen molar-refractivity contribution in [2.24, 2.45) is 7.05 Å². The molecule has 3 aromatic rings. The Morgan fingerprint density at radius 3 is 2.38 bits per heavy atom. The fourth-order valence-electron chi connectivity index (χ4n) is 3.67. The van der Waals surface area contributed by atoms with E-state index in [2.05, 4.69) is 5.32 Å². The Labute approximate surface area is 167 Å². The van der Waals surface area contributed by atoms with Crippen molar-refractivity contribution in [3.8, 4) is 0 Å². The molecule has 1 aliphatic rings. The number of oxazole rings is 1. The number of hydrogen-bond acceptors (Lipinski definition) is 5. The van der Waals surface area contributed by atoms with E-state index in [9.17, 15) is 14.4 Å². The number of aromatic nitrogens is 1. The fraction of sp³-hybridized carbons (Fsp3) is 0.318. The number of nitrogens with one attached hydrogen (secondary N) is 1. The molecule has 29 heavy (non-hydrogen) atoms. The Bertz CT molecular complexity index is 1090. The van der Waals surface area contributed by atoms with Gasteiger partial charge in [-0.25, -0.2) is 4.79 Å². The Hall–Kier alpha value is -3.19. The van der Waals surface area contributed by atoms with Gasteiger partial charge in [0.05, 0.1) is 16.6 Å². The van der Waals surface area contributed by atoms with Gasteiger partial charge in [-0.1, -0.05) is 18.2 Å². The van der Waals surface area contributed by atoms with Crippen LogP contribution in [0, 0.1) is 0 Å². The summed E-state index contributed by atoms with van der Waals surface area (Å²) in [4.78, 5) is 37.4. The third-order valence-corrected chi connectivity index (χ3v) is 5.32. The summed E-state index contributed by atoms with van der Waals surface area (Å²) in [5, 5.41) is 3.30. The molecular formula is C22H23N3O4. The lowest BCUT2D eigenvalue weighted by Crippen LogP contribution is -2.36. The van der Waals surface area contributed by atoms with E-state index < -0.39 is 0 Å². The van der Waals surface area contributed by atoms with E-state index in [1.54, 1.807) is 31.3 Å². The Morgan fingerprint density at radius 1 is 0.931 bits per heavy atom. The molecule has 1 N–H and O–H groups in total. The molecule has 0 fully saturated rings. The van der Waals surface area contributed by atoms with E-state index in [0.717, 1.165) is 36.9 Å². The predicted molar refractivity (Wildman–Crippen MR) is 109 cm³/mol. The van der Waals surface area contributed by atoms with Crippen molar-refractivity contribution in [2.75, 3.05) is 19.6 Å². The molecule has 7 nitrogen and oxygen atoms in total. The third kappa shape index (κ3) is 3.73. The first kappa shape index (κ1) is 19.1. The van der Waals surface area contributed by atoms with Crippen molar-refractivity contribution in [1.82, 2.24) is 14.8 Å². The molecule has 0 bridgehead atoms. The van der Waals surface area contributed by atoms with Crippen LogP contribution in [0.2, 0.25) is 0 Å². The maximum atomic E-state index is 12.3. The van der Waals surface area contributed by atoms with E-state index in [1.807, 2.05) is 18.2 Å². The quantitative estimate of drug-likeness (QED) is 0.469. The van der Waals surface area contributed by atoms with Gasteiger partial charge in [-0.3, -0.25) is 19.1 Å². The van der Waals surface area contributed by atoms with Gasteiger partial charge in [0.1, 0.15) is 0 Å². The van der Waals surface area contributed by atoms with Crippen LogP contribution < -0.4 is 11.1 Å². The van der Waals surface area contributed by atoms with Crippen molar-refractivity contribution in [1.29, 1.82) is 0 Å². The summed E-state index contributed by atoms with van der Waals surface area (Å²) in [6, 6.07) is 12.8. The second-order valence-corrected chi connectivity index (χ2v) is 7.24. The zero-order valence-corrected chi connectivity index (χ0v) is 16.3. The van der Waals surface area contributed by atoms with Crippen LogP contribution in [0.25, 0.3) is 11.1 Å². The van der Waals surface area contributed by atoms with Crippen LogP contribution >= 0.6 is 0 Å². The highest BCUT2D eigenvalue weighted by Crippen LogP contribution is 2.21. The molecule has 0 radical (unpaired) electrons. The zero-order valence-electron chi connectivity index (χ0n) is 16.3.